The maximum atomic E-state index is 4.70. The number of aromatic nitrogens is 2. The summed E-state index contributed by atoms with van der Waals surface area (Å²) in [6.45, 7) is 4.96. The van der Waals surface area contributed by atoms with Crippen molar-refractivity contribution in [2.24, 2.45) is 0 Å². The van der Waals surface area contributed by atoms with Crippen LogP contribution in [0.5, 0.6) is 0 Å². The molecule has 2 aromatic heterocycles. The minimum atomic E-state index is 0.803. The Morgan fingerprint density at radius 3 is 2.62 bits per heavy atom. The molecule has 0 atom stereocenters. The minimum Gasteiger partial charge on any atom is -0.322 e. The summed E-state index contributed by atoms with van der Waals surface area (Å²) in [5, 5.41) is 0. The molecule has 1 aromatic carbocycles. The summed E-state index contributed by atoms with van der Waals surface area (Å²) in [6.07, 6.45) is 6.08. The highest BCUT2D eigenvalue weighted by molar-refractivity contribution is 5.91. The van der Waals surface area contributed by atoms with E-state index in [2.05, 4.69) is 65.3 Å². The van der Waals surface area contributed by atoms with Gasteiger partial charge in [0, 0.05) is 35.8 Å². The SMILES string of the molecule is Cc1cccc(N2CC=C(c3cnccc3C)c3ccccc32)n1. The van der Waals surface area contributed by atoms with Crippen LogP contribution in [0.4, 0.5) is 11.5 Å². The van der Waals surface area contributed by atoms with Crippen LogP contribution in [0.2, 0.25) is 0 Å². The van der Waals surface area contributed by atoms with E-state index in [-0.39, 0.29) is 0 Å². The van der Waals surface area contributed by atoms with Gasteiger partial charge in [0.2, 0.25) is 0 Å². The maximum absolute atomic E-state index is 4.70. The van der Waals surface area contributed by atoms with Crippen LogP contribution < -0.4 is 4.90 Å². The number of hydrogen-bond donors (Lipinski definition) is 0. The van der Waals surface area contributed by atoms with Gasteiger partial charge in [0.25, 0.3) is 0 Å². The van der Waals surface area contributed by atoms with Gasteiger partial charge >= 0.3 is 0 Å². The van der Waals surface area contributed by atoms with E-state index in [0.717, 1.165) is 18.1 Å². The Hall–Kier alpha value is -2.94. The Labute approximate surface area is 142 Å². The molecule has 4 rings (SSSR count). The van der Waals surface area contributed by atoms with Gasteiger partial charge in [-0.25, -0.2) is 4.98 Å². The smallest absolute Gasteiger partial charge is 0.133 e. The molecule has 0 aliphatic carbocycles. The second-order valence-electron chi connectivity index (χ2n) is 6.07. The molecule has 118 valence electrons. The zero-order chi connectivity index (χ0) is 16.5. The second-order valence-corrected chi connectivity index (χ2v) is 6.07. The number of pyridine rings is 2. The lowest BCUT2D eigenvalue weighted by molar-refractivity contribution is 1.01. The average molecular weight is 313 g/mol. The minimum absolute atomic E-state index is 0.803. The second kappa shape index (κ2) is 5.93. The molecule has 0 saturated carbocycles. The van der Waals surface area contributed by atoms with Gasteiger partial charge in [0.1, 0.15) is 5.82 Å². The highest BCUT2D eigenvalue weighted by Gasteiger charge is 2.22. The zero-order valence-electron chi connectivity index (χ0n) is 13.9. The summed E-state index contributed by atoms with van der Waals surface area (Å²) < 4.78 is 0. The number of aryl methyl sites for hydroxylation is 2. The van der Waals surface area contributed by atoms with E-state index in [9.17, 15) is 0 Å². The van der Waals surface area contributed by atoms with Crippen LogP contribution >= 0.6 is 0 Å². The van der Waals surface area contributed by atoms with E-state index in [1.165, 1.54) is 28.0 Å². The van der Waals surface area contributed by atoms with Gasteiger partial charge in [-0.05, 0) is 49.2 Å². The van der Waals surface area contributed by atoms with Gasteiger partial charge < -0.3 is 4.90 Å². The predicted molar refractivity (Wildman–Crippen MR) is 98.5 cm³/mol. The number of hydrogen-bond acceptors (Lipinski definition) is 3. The van der Waals surface area contributed by atoms with Gasteiger partial charge in [0.15, 0.2) is 0 Å². The van der Waals surface area contributed by atoms with Crippen LogP contribution in [0.25, 0.3) is 5.57 Å². The Morgan fingerprint density at radius 2 is 1.79 bits per heavy atom. The van der Waals surface area contributed by atoms with Crippen molar-refractivity contribution in [2.45, 2.75) is 13.8 Å². The molecule has 0 fully saturated rings. The van der Waals surface area contributed by atoms with Crippen molar-refractivity contribution in [3.8, 4) is 0 Å². The van der Waals surface area contributed by atoms with E-state index < -0.39 is 0 Å². The first-order valence-electron chi connectivity index (χ1n) is 8.16. The predicted octanol–water partition coefficient (Wildman–Crippen LogP) is 4.68. The molecule has 3 heterocycles. The number of para-hydroxylation sites is 1. The molecular formula is C21H19N3. The van der Waals surface area contributed by atoms with Crippen LogP contribution in [0.1, 0.15) is 22.4 Å². The quantitative estimate of drug-likeness (QED) is 0.688. The molecule has 0 spiro atoms. The van der Waals surface area contributed by atoms with Gasteiger partial charge in [-0.3, -0.25) is 4.98 Å². The molecule has 3 nitrogen and oxygen atoms in total. The molecule has 0 radical (unpaired) electrons. The summed E-state index contributed by atoms with van der Waals surface area (Å²) in [7, 11) is 0. The lowest BCUT2D eigenvalue weighted by atomic mass is 9.91. The molecule has 0 unspecified atom stereocenters. The summed E-state index contributed by atoms with van der Waals surface area (Å²) in [6, 6.07) is 16.7. The van der Waals surface area contributed by atoms with Gasteiger partial charge in [-0.15, -0.1) is 0 Å². The molecule has 1 aliphatic rings. The third-order valence-electron chi connectivity index (χ3n) is 4.44. The summed E-state index contributed by atoms with van der Waals surface area (Å²) in [5.41, 5.74) is 7.14. The summed E-state index contributed by atoms with van der Waals surface area (Å²) in [5.74, 6) is 0.987. The summed E-state index contributed by atoms with van der Waals surface area (Å²) >= 11 is 0. The van der Waals surface area contributed by atoms with E-state index in [4.69, 9.17) is 4.98 Å². The standard InChI is InChI=1S/C21H19N3/c1-15-10-12-22-14-19(15)17-11-13-24(20-8-4-3-7-18(17)20)21-9-5-6-16(2)23-21/h3-12,14H,13H2,1-2H3. The highest BCUT2D eigenvalue weighted by atomic mass is 15.2. The van der Waals surface area contributed by atoms with E-state index in [1.807, 2.05) is 25.4 Å². The maximum Gasteiger partial charge on any atom is 0.133 e. The van der Waals surface area contributed by atoms with Crippen LogP contribution in [0, 0.1) is 13.8 Å². The highest BCUT2D eigenvalue weighted by Crippen LogP contribution is 2.38. The van der Waals surface area contributed by atoms with Crippen molar-refractivity contribution in [3.05, 3.63) is 89.4 Å². The first-order valence-corrected chi connectivity index (χ1v) is 8.16. The molecular weight excluding hydrogens is 294 g/mol. The largest absolute Gasteiger partial charge is 0.322 e. The number of nitrogens with zero attached hydrogens (tertiary/aromatic N) is 3. The van der Waals surface area contributed by atoms with Gasteiger partial charge in [-0.1, -0.05) is 30.3 Å². The van der Waals surface area contributed by atoms with E-state index >= 15 is 0 Å². The van der Waals surface area contributed by atoms with Gasteiger partial charge in [-0.2, -0.15) is 0 Å². The van der Waals surface area contributed by atoms with Crippen molar-refractivity contribution in [1.29, 1.82) is 0 Å². The molecule has 3 aromatic rings. The fourth-order valence-corrected chi connectivity index (χ4v) is 3.22. The van der Waals surface area contributed by atoms with Crippen molar-refractivity contribution in [2.75, 3.05) is 11.4 Å². The number of fused-ring (bicyclic) bond motifs is 1. The average Bonchev–Trinajstić information content (AvgIpc) is 2.61. The molecule has 0 bridgehead atoms. The fraction of sp³-hybridized carbons (Fsp3) is 0.143. The Balaban J connectivity index is 1.84. The van der Waals surface area contributed by atoms with Crippen LogP contribution in [0.3, 0.4) is 0 Å². The molecule has 1 aliphatic heterocycles. The lowest BCUT2D eigenvalue weighted by Gasteiger charge is -2.30. The topological polar surface area (TPSA) is 29.0 Å². The molecule has 0 N–H and O–H groups in total. The molecule has 3 heteroatoms. The lowest BCUT2D eigenvalue weighted by Crippen LogP contribution is -2.23. The van der Waals surface area contributed by atoms with Crippen molar-refractivity contribution >= 4 is 17.1 Å². The van der Waals surface area contributed by atoms with E-state index in [0.29, 0.717) is 0 Å². The van der Waals surface area contributed by atoms with Crippen LogP contribution in [-0.4, -0.2) is 16.5 Å². The Kier molecular flexibility index (Phi) is 3.62. The number of anilines is 2. The van der Waals surface area contributed by atoms with Gasteiger partial charge in [0.05, 0.1) is 5.69 Å². The van der Waals surface area contributed by atoms with Crippen molar-refractivity contribution < 1.29 is 0 Å². The zero-order valence-corrected chi connectivity index (χ0v) is 13.9. The summed E-state index contributed by atoms with van der Waals surface area (Å²) in [4.78, 5) is 11.3. The Morgan fingerprint density at radius 1 is 0.917 bits per heavy atom. The first-order chi connectivity index (χ1) is 11.7. The normalized spacial score (nSPS) is 13.4. The van der Waals surface area contributed by atoms with Crippen molar-refractivity contribution in [3.63, 3.8) is 0 Å². The fourth-order valence-electron chi connectivity index (χ4n) is 3.22. The number of rotatable bonds is 2. The third-order valence-corrected chi connectivity index (χ3v) is 4.44. The monoisotopic (exact) mass is 313 g/mol. The molecule has 0 amide bonds. The first kappa shape index (κ1) is 14.6. The van der Waals surface area contributed by atoms with E-state index in [1.54, 1.807) is 0 Å². The Bertz CT molecular complexity index is 928. The van der Waals surface area contributed by atoms with Crippen LogP contribution in [0.15, 0.2) is 67.0 Å². The number of benzene rings is 1. The van der Waals surface area contributed by atoms with Crippen molar-refractivity contribution in [1.82, 2.24) is 9.97 Å². The molecule has 0 saturated heterocycles. The third kappa shape index (κ3) is 2.48. The molecule has 24 heavy (non-hydrogen) atoms. The van der Waals surface area contributed by atoms with Crippen LogP contribution in [-0.2, 0) is 0 Å².